The van der Waals surface area contributed by atoms with Crippen molar-refractivity contribution in [1.29, 1.82) is 0 Å². The monoisotopic (exact) mass is 333 g/mol. The Hall–Kier alpha value is -2.31. The van der Waals surface area contributed by atoms with Gasteiger partial charge in [-0.25, -0.2) is 0 Å². The number of H-pyrrole nitrogens is 1. The summed E-state index contributed by atoms with van der Waals surface area (Å²) in [4.78, 5) is 15.7. The lowest BCUT2D eigenvalue weighted by Crippen LogP contribution is -2.30. The maximum atomic E-state index is 12.5. The van der Waals surface area contributed by atoms with Gasteiger partial charge < -0.3 is 15.6 Å². The highest BCUT2D eigenvalue weighted by Crippen LogP contribution is 2.21. The van der Waals surface area contributed by atoms with Gasteiger partial charge in [0.05, 0.1) is 6.20 Å². The van der Waals surface area contributed by atoms with E-state index in [2.05, 4.69) is 26.8 Å². The molecule has 6 nitrogen and oxygen atoms in total. The van der Waals surface area contributed by atoms with E-state index in [0.29, 0.717) is 0 Å². The lowest BCUT2D eigenvalue weighted by atomic mass is 10.1. The fourth-order valence-corrected chi connectivity index (χ4v) is 2.61. The van der Waals surface area contributed by atoms with Crippen LogP contribution in [0.3, 0.4) is 0 Å². The van der Waals surface area contributed by atoms with Crippen molar-refractivity contribution >= 4 is 34.9 Å². The van der Waals surface area contributed by atoms with E-state index in [1.54, 1.807) is 17.9 Å². The Morgan fingerprint density at radius 2 is 2.13 bits per heavy atom. The quantitative estimate of drug-likeness (QED) is 0.687. The summed E-state index contributed by atoms with van der Waals surface area (Å²) < 4.78 is 1.68. The van der Waals surface area contributed by atoms with E-state index in [4.69, 9.17) is 0 Å². The third-order valence-electron chi connectivity index (χ3n) is 3.63. The Bertz CT molecular complexity index is 823. The van der Waals surface area contributed by atoms with Crippen molar-refractivity contribution in [3.05, 3.63) is 47.9 Å². The SMILES string of the molecule is CNC(C(=O)Nc1ccc2[nH]c(C)cc2c1)c1cnn(C)c1.Cl. The number of amides is 1. The van der Waals surface area contributed by atoms with Gasteiger partial charge >= 0.3 is 0 Å². The van der Waals surface area contributed by atoms with Gasteiger partial charge in [-0.15, -0.1) is 12.4 Å². The molecule has 0 aliphatic carbocycles. The minimum Gasteiger partial charge on any atom is -0.359 e. The van der Waals surface area contributed by atoms with Crippen molar-refractivity contribution < 1.29 is 4.79 Å². The third-order valence-corrected chi connectivity index (χ3v) is 3.63. The average molecular weight is 334 g/mol. The van der Waals surface area contributed by atoms with Crippen molar-refractivity contribution in [1.82, 2.24) is 20.1 Å². The number of aromatic amines is 1. The first kappa shape index (κ1) is 17.1. The number of hydrogen-bond acceptors (Lipinski definition) is 3. The normalized spacial score (nSPS) is 12.0. The van der Waals surface area contributed by atoms with Gasteiger partial charge in [-0.3, -0.25) is 9.48 Å². The minimum atomic E-state index is -0.433. The van der Waals surface area contributed by atoms with Crippen LogP contribution < -0.4 is 10.6 Å². The van der Waals surface area contributed by atoms with Gasteiger partial charge in [0, 0.05) is 41.1 Å². The molecular formula is C16H20ClN5O. The number of nitrogens with one attached hydrogen (secondary N) is 3. The van der Waals surface area contributed by atoms with Crippen molar-refractivity contribution in [2.75, 3.05) is 12.4 Å². The lowest BCUT2D eigenvalue weighted by molar-refractivity contribution is -0.118. The summed E-state index contributed by atoms with van der Waals surface area (Å²) >= 11 is 0. The van der Waals surface area contributed by atoms with Crippen LogP contribution in [-0.4, -0.2) is 27.7 Å². The van der Waals surface area contributed by atoms with Crippen LogP contribution in [0.1, 0.15) is 17.3 Å². The summed E-state index contributed by atoms with van der Waals surface area (Å²) in [5, 5.41) is 11.2. The Kier molecular flexibility index (Phi) is 5.08. The van der Waals surface area contributed by atoms with Crippen LogP contribution in [0.15, 0.2) is 36.7 Å². The molecule has 7 heteroatoms. The highest BCUT2D eigenvalue weighted by atomic mass is 35.5. The molecule has 3 rings (SSSR count). The van der Waals surface area contributed by atoms with Gasteiger partial charge in [0.15, 0.2) is 0 Å². The molecule has 0 aliphatic rings. The fourth-order valence-electron chi connectivity index (χ4n) is 2.61. The number of halogens is 1. The number of aryl methyl sites for hydroxylation is 2. The second-order valence-corrected chi connectivity index (χ2v) is 5.41. The molecule has 1 amide bonds. The van der Waals surface area contributed by atoms with Gasteiger partial charge in [0.2, 0.25) is 5.91 Å². The standard InChI is InChI=1S/C16H19N5O.ClH/c1-10-6-11-7-13(4-5-14(11)19-10)20-16(22)15(17-2)12-8-18-21(3)9-12;/h4-9,15,17,19H,1-3H3,(H,20,22);1H. The molecule has 0 bridgehead atoms. The molecule has 2 aromatic heterocycles. The summed E-state index contributed by atoms with van der Waals surface area (Å²) in [6.07, 6.45) is 3.53. The number of carbonyl (C=O) groups is 1. The summed E-state index contributed by atoms with van der Waals surface area (Å²) in [7, 11) is 3.59. The maximum absolute atomic E-state index is 12.5. The molecule has 0 saturated heterocycles. The van der Waals surface area contributed by atoms with Crippen LogP contribution in [0.25, 0.3) is 10.9 Å². The van der Waals surface area contributed by atoms with Crippen molar-refractivity contribution in [3.8, 4) is 0 Å². The zero-order chi connectivity index (χ0) is 15.7. The van der Waals surface area contributed by atoms with E-state index in [0.717, 1.165) is 27.8 Å². The Balaban J connectivity index is 0.00000192. The molecule has 0 saturated carbocycles. The molecule has 1 aromatic carbocycles. The van der Waals surface area contributed by atoms with Gasteiger partial charge in [0.25, 0.3) is 0 Å². The van der Waals surface area contributed by atoms with Gasteiger partial charge in [-0.05, 0) is 38.2 Å². The topological polar surface area (TPSA) is 74.7 Å². The molecule has 23 heavy (non-hydrogen) atoms. The third kappa shape index (κ3) is 3.55. The summed E-state index contributed by atoms with van der Waals surface area (Å²) in [6.45, 7) is 2.01. The van der Waals surface area contributed by atoms with Crippen LogP contribution in [-0.2, 0) is 11.8 Å². The van der Waals surface area contributed by atoms with Crippen molar-refractivity contribution in [2.45, 2.75) is 13.0 Å². The molecule has 0 aliphatic heterocycles. The van der Waals surface area contributed by atoms with Crippen molar-refractivity contribution in [3.63, 3.8) is 0 Å². The second-order valence-electron chi connectivity index (χ2n) is 5.41. The first-order valence-corrected chi connectivity index (χ1v) is 7.13. The molecule has 0 spiro atoms. The fraction of sp³-hybridized carbons (Fsp3) is 0.250. The maximum Gasteiger partial charge on any atom is 0.246 e. The van der Waals surface area contributed by atoms with Crippen LogP contribution in [0, 0.1) is 6.92 Å². The minimum absolute atomic E-state index is 0. The number of hydrogen-bond donors (Lipinski definition) is 3. The average Bonchev–Trinajstić information content (AvgIpc) is 3.04. The molecule has 3 N–H and O–H groups in total. The van der Waals surface area contributed by atoms with E-state index in [-0.39, 0.29) is 18.3 Å². The number of fused-ring (bicyclic) bond motifs is 1. The predicted molar refractivity (Wildman–Crippen MR) is 93.9 cm³/mol. The molecule has 1 unspecified atom stereocenters. The Morgan fingerprint density at radius 1 is 1.35 bits per heavy atom. The van der Waals surface area contributed by atoms with Crippen LogP contribution in [0.2, 0.25) is 0 Å². The second kappa shape index (κ2) is 6.85. The van der Waals surface area contributed by atoms with E-state index in [1.807, 2.05) is 38.4 Å². The molecular weight excluding hydrogens is 314 g/mol. The number of rotatable bonds is 4. The number of nitrogens with zero attached hydrogens (tertiary/aromatic N) is 2. The van der Waals surface area contributed by atoms with Gasteiger partial charge in [0.1, 0.15) is 6.04 Å². The van der Waals surface area contributed by atoms with Gasteiger partial charge in [-0.2, -0.15) is 5.10 Å². The smallest absolute Gasteiger partial charge is 0.246 e. The number of carbonyl (C=O) groups excluding carboxylic acids is 1. The molecule has 0 fully saturated rings. The molecule has 3 aromatic rings. The van der Waals surface area contributed by atoms with E-state index in [1.165, 1.54) is 0 Å². The largest absolute Gasteiger partial charge is 0.359 e. The number of likely N-dealkylation sites (N-methyl/N-ethyl adjacent to an activating group) is 1. The first-order valence-electron chi connectivity index (χ1n) is 7.13. The molecule has 2 heterocycles. The van der Waals surface area contributed by atoms with Crippen molar-refractivity contribution in [2.24, 2.45) is 7.05 Å². The highest BCUT2D eigenvalue weighted by molar-refractivity contribution is 5.97. The number of anilines is 1. The van der Waals surface area contributed by atoms with Gasteiger partial charge in [-0.1, -0.05) is 0 Å². The Morgan fingerprint density at radius 3 is 2.78 bits per heavy atom. The summed E-state index contributed by atoms with van der Waals surface area (Å²) in [5.74, 6) is -0.109. The highest BCUT2D eigenvalue weighted by Gasteiger charge is 2.20. The number of aromatic nitrogens is 3. The summed E-state index contributed by atoms with van der Waals surface area (Å²) in [6, 6.07) is 7.45. The zero-order valence-electron chi connectivity index (χ0n) is 13.3. The van der Waals surface area contributed by atoms with E-state index >= 15 is 0 Å². The molecule has 1 atom stereocenters. The molecule has 0 radical (unpaired) electrons. The van der Waals surface area contributed by atoms with Crippen LogP contribution >= 0.6 is 12.4 Å². The number of benzene rings is 1. The predicted octanol–water partition coefficient (Wildman–Crippen LogP) is 2.53. The lowest BCUT2D eigenvalue weighted by Gasteiger charge is -2.14. The first-order chi connectivity index (χ1) is 10.6. The van der Waals surface area contributed by atoms with E-state index in [9.17, 15) is 4.79 Å². The van der Waals surface area contributed by atoms with E-state index < -0.39 is 6.04 Å². The molecule has 122 valence electrons. The van der Waals surface area contributed by atoms with Crippen LogP contribution in [0.4, 0.5) is 5.69 Å². The zero-order valence-corrected chi connectivity index (χ0v) is 14.1. The van der Waals surface area contributed by atoms with Crippen LogP contribution in [0.5, 0.6) is 0 Å². The summed E-state index contributed by atoms with van der Waals surface area (Å²) in [5.41, 5.74) is 3.77. The Labute approximate surface area is 140 Å².